The van der Waals surface area contributed by atoms with Crippen LogP contribution in [-0.2, 0) is 15.9 Å². The Morgan fingerprint density at radius 2 is 2.15 bits per heavy atom. The van der Waals surface area contributed by atoms with Gasteiger partial charge < -0.3 is 24.4 Å². The maximum Gasteiger partial charge on any atom is 0.193 e. The fourth-order valence-corrected chi connectivity index (χ4v) is 3.21. The van der Waals surface area contributed by atoms with Crippen LogP contribution in [0.1, 0.15) is 18.4 Å². The van der Waals surface area contributed by atoms with E-state index in [1.54, 1.807) is 14.2 Å². The molecule has 27 heavy (non-hydrogen) atoms. The van der Waals surface area contributed by atoms with Crippen LogP contribution in [0.15, 0.2) is 29.3 Å². The van der Waals surface area contributed by atoms with Gasteiger partial charge in [0.25, 0.3) is 0 Å². The first kappa shape index (κ1) is 24.0. The number of hydrogen-bond acceptors (Lipinski definition) is 4. The second-order valence-electron chi connectivity index (χ2n) is 6.60. The lowest BCUT2D eigenvalue weighted by atomic mass is 10.1. The molecule has 0 aromatic heterocycles. The predicted octanol–water partition coefficient (Wildman–Crippen LogP) is 2.81. The zero-order chi connectivity index (χ0) is 18.6. The maximum absolute atomic E-state index is 5.66. The van der Waals surface area contributed by atoms with Gasteiger partial charge in [-0.05, 0) is 37.0 Å². The monoisotopic (exact) mass is 491 g/mol. The molecule has 1 aromatic rings. The van der Waals surface area contributed by atoms with Crippen molar-refractivity contribution >= 4 is 29.9 Å². The van der Waals surface area contributed by atoms with Gasteiger partial charge in [0, 0.05) is 39.7 Å². The number of likely N-dealkylation sites (tertiary alicyclic amines) is 1. The summed E-state index contributed by atoms with van der Waals surface area (Å²) in [5.41, 5.74) is 1.30. The second kappa shape index (κ2) is 14.0. The normalized spacial score (nSPS) is 16.9. The summed E-state index contributed by atoms with van der Waals surface area (Å²) in [4.78, 5) is 6.77. The molecule has 2 rings (SSSR count). The third kappa shape index (κ3) is 8.66. The zero-order valence-electron chi connectivity index (χ0n) is 16.8. The molecule has 0 aliphatic carbocycles. The maximum atomic E-state index is 5.66. The highest BCUT2D eigenvalue weighted by Gasteiger charge is 2.24. The number of nitrogens with one attached hydrogen (secondary N) is 1. The molecular formula is C20H34IN3O3. The molecule has 6 nitrogen and oxygen atoms in total. The molecule has 1 fully saturated rings. The molecular weight excluding hydrogens is 457 g/mol. The summed E-state index contributed by atoms with van der Waals surface area (Å²) in [6, 6.07) is 8.27. The topological polar surface area (TPSA) is 55.3 Å². The number of ether oxygens (including phenoxy) is 3. The molecule has 1 aliphatic heterocycles. The highest BCUT2D eigenvalue weighted by molar-refractivity contribution is 14.0. The van der Waals surface area contributed by atoms with Crippen molar-refractivity contribution in [3.05, 3.63) is 29.8 Å². The van der Waals surface area contributed by atoms with E-state index in [0.717, 1.165) is 57.2 Å². The molecule has 1 heterocycles. The number of guanidine groups is 1. The molecule has 1 saturated heterocycles. The quantitative estimate of drug-likeness (QED) is 0.236. The van der Waals surface area contributed by atoms with Gasteiger partial charge in [0.05, 0.1) is 26.9 Å². The van der Waals surface area contributed by atoms with Crippen molar-refractivity contribution < 1.29 is 14.2 Å². The minimum atomic E-state index is 0. The van der Waals surface area contributed by atoms with Crippen molar-refractivity contribution in [1.82, 2.24) is 10.2 Å². The summed E-state index contributed by atoms with van der Waals surface area (Å²) in [5, 5.41) is 3.49. The number of halogens is 1. The third-order valence-electron chi connectivity index (χ3n) is 4.64. The van der Waals surface area contributed by atoms with Crippen LogP contribution < -0.4 is 10.1 Å². The molecule has 154 valence electrons. The van der Waals surface area contributed by atoms with Gasteiger partial charge in [0.1, 0.15) is 5.75 Å². The summed E-state index contributed by atoms with van der Waals surface area (Å²) in [6.07, 6.45) is 3.23. The van der Waals surface area contributed by atoms with Crippen LogP contribution in [0.3, 0.4) is 0 Å². The Morgan fingerprint density at radius 3 is 2.89 bits per heavy atom. The summed E-state index contributed by atoms with van der Waals surface area (Å²) >= 11 is 0. The number of hydrogen-bond donors (Lipinski definition) is 1. The Kier molecular flexibility index (Phi) is 12.4. The molecule has 7 heteroatoms. The molecule has 0 spiro atoms. The fourth-order valence-electron chi connectivity index (χ4n) is 3.21. The lowest BCUT2D eigenvalue weighted by Crippen LogP contribution is -2.40. The van der Waals surface area contributed by atoms with E-state index < -0.39 is 0 Å². The minimum Gasteiger partial charge on any atom is -0.497 e. The van der Waals surface area contributed by atoms with Gasteiger partial charge in [-0.2, -0.15) is 0 Å². The van der Waals surface area contributed by atoms with E-state index >= 15 is 0 Å². The smallest absolute Gasteiger partial charge is 0.193 e. The van der Waals surface area contributed by atoms with Crippen LogP contribution in [0, 0.1) is 5.92 Å². The first-order chi connectivity index (χ1) is 12.8. The van der Waals surface area contributed by atoms with Crippen LogP contribution >= 0.6 is 24.0 Å². The number of rotatable bonds is 10. The van der Waals surface area contributed by atoms with E-state index in [-0.39, 0.29) is 24.0 Å². The van der Waals surface area contributed by atoms with Crippen LogP contribution in [0.25, 0.3) is 0 Å². The first-order valence-electron chi connectivity index (χ1n) is 9.42. The highest BCUT2D eigenvalue weighted by atomic mass is 127. The Labute approximate surface area is 180 Å². The van der Waals surface area contributed by atoms with Crippen molar-refractivity contribution in [2.24, 2.45) is 10.9 Å². The van der Waals surface area contributed by atoms with Crippen molar-refractivity contribution in [2.45, 2.75) is 19.3 Å². The second-order valence-corrected chi connectivity index (χ2v) is 6.60. The molecule has 1 aliphatic rings. The fraction of sp³-hybridized carbons (Fsp3) is 0.650. The van der Waals surface area contributed by atoms with Crippen molar-refractivity contribution in [3.8, 4) is 5.75 Å². The summed E-state index contributed by atoms with van der Waals surface area (Å²) < 4.78 is 16.0. The van der Waals surface area contributed by atoms with E-state index in [1.807, 2.05) is 19.2 Å². The Bertz CT molecular complexity index is 557. The van der Waals surface area contributed by atoms with Gasteiger partial charge in [0.15, 0.2) is 5.96 Å². The summed E-state index contributed by atoms with van der Waals surface area (Å²) in [6.45, 7) is 5.08. The van der Waals surface area contributed by atoms with E-state index in [0.29, 0.717) is 19.1 Å². The first-order valence-corrected chi connectivity index (χ1v) is 9.42. The van der Waals surface area contributed by atoms with Gasteiger partial charge in [0.2, 0.25) is 0 Å². The zero-order valence-corrected chi connectivity index (χ0v) is 19.1. The molecule has 1 aromatic carbocycles. The van der Waals surface area contributed by atoms with Gasteiger partial charge in [-0.1, -0.05) is 12.1 Å². The minimum absolute atomic E-state index is 0. The van der Waals surface area contributed by atoms with Crippen LogP contribution in [-0.4, -0.2) is 71.6 Å². The molecule has 1 unspecified atom stereocenters. The van der Waals surface area contributed by atoms with Gasteiger partial charge in [-0.15, -0.1) is 24.0 Å². The molecule has 1 N–H and O–H groups in total. The van der Waals surface area contributed by atoms with E-state index in [2.05, 4.69) is 27.3 Å². The Hall–Kier alpha value is -1.06. The molecule has 0 radical (unpaired) electrons. The molecule has 0 amide bonds. The van der Waals surface area contributed by atoms with E-state index in [1.165, 1.54) is 5.56 Å². The SMILES string of the molecule is CN=C(NCCCc1cccc(OC)c1)N1CCC(COCCOC)C1.I. The number of aliphatic imine (C=N–C) groups is 1. The van der Waals surface area contributed by atoms with Gasteiger partial charge in [-0.3, -0.25) is 4.99 Å². The van der Waals surface area contributed by atoms with Crippen molar-refractivity contribution in [2.75, 3.05) is 60.7 Å². The average molecular weight is 491 g/mol. The molecule has 0 bridgehead atoms. The summed E-state index contributed by atoms with van der Waals surface area (Å²) in [5.74, 6) is 2.49. The van der Waals surface area contributed by atoms with Crippen molar-refractivity contribution in [3.63, 3.8) is 0 Å². The largest absolute Gasteiger partial charge is 0.497 e. The van der Waals surface area contributed by atoms with Crippen LogP contribution in [0.5, 0.6) is 5.75 Å². The standard InChI is InChI=1S/C20H33N3O3.HI/c1-21-20(23-11-9-18(15-23)16-26-13-12-24-2)22-10-5-7-17-6-4-8-19(14-17)25-3;/h4,6,8,14,18H,5,7,9-13,15-16H2,1-3H3,(H,21,22);1H. The number of nitrogens with zero attached hydrogens (tertiary/aromatic N) is 2. The van der Waals surface area contributed by atoms with Crippen LogP contribution in [0.4, 0.5) is 0 Å². The Balaban J connectivity index is 0.00000364. The van der Waals surface area contributed by atoms with Gasteiger partial charge in [-0.25, -0.2) is 0 Å². The van der Waals surface area contributed by atoms with E-state index in [4.69, 9.17) is 14.2 Å². The van der Waals surface area contributed by atoms with Crippen LogP contribution in [0.2, 0.25) is 0 Å². The summed E-state index contributed by atoms with van der Waals surface area (Å²) in [7, 11) is 5.26. The Morgan fingerprint density at radius 1 is 1.30 bits per heavy atom. The molecule has 1 atom stereocenters. The number of methoxy groups -OCH3 is 2. The molecule has 0 saturated carbocycles. The predicted molar refractivity (Wildman–Crippen MR) is 120 cm³/mol. The third-order valence-corrected chi connectivity index (χ3v) is 4.64. The highest BCUT2D eigenvalue weighted by Crippen LogP contribution is 2.17. The van der Waals surface area contributed by atoms with Gasteiger partial charge >= 0.3 is 0 Å². The van der Waals surface area contributed by atoms with Crippen molar-refractivity contribution in [1.29, 1.82) is 0 Å². The van der Waals surface area contributed by atoms with E-state index in [9.17, 15) is 0 Å². The number of aryl methyl sites for hydroxylation is 1. The average Bonchev–Trinajstić information content (AvgIpc) is 3.14. The lowest BCUT2D eigenvalue weighted by molar-refractivity contribution is 0.0536. The number of benzene rings is 1. The lowest BCUT2D eigenvalue weighted by Gasteiger charge is -2.21.